The number of carbonyl (C=O) groups is 1. The van der Waals surface area contributed by atoms with Crippen LogP contribution in [0.15, 0.2) is 53.9 Å². The molecule has 4 nitrogen and oxygen atoms in total. The molecule has 3 aromatic rings. The van der Waals surface area contributed by atoms with E-state index in [-0.39, 0.29) is 5.78 Å². The number of nitrogens with zero attached hydrogens (tertiary/aromatic N) is 3. The van der Waals surface area contributed by atoms with E-state index in [0.29, 0.717) is 0 Å². The largest absolute Gasteiger partial charge is 0.369 e. The van der Waals surface area contributed by atoms with Gasteiger partial charge in [0.25, 0.3) is 0 Å². The maximum absolute atomic E-state index is 11.4. The van der Waals surface area contributed by atoms with Gasteiger partial charge in [0.05, 0.1) is 5.69 Å². The molecule has 0 atom stereocenters. The minimum atomic E-state index is 0.115. The number of Topliss-reactive ketones (excluding diaryl/α,β-unsaturated/α-hetero) is 1. The highest BCUT2D eigenvalue weighted by atomic mass is 32.1. The maximum Gasteiger partial charge on any atom is 0.159 e. The Kier molecular flexibility index (Phi) is 5.55. The normalized spacial score (nSPS) is 15.0. The van der Waals surface area contributed by atoms with E-state index in [9.17, 15) is 4.79 Å². The quantitative estimate of drug-likeness (QED) is 0.594. The number of hydrogen-bond acceptors (Lipinski definition) is 5. The monoisotopic (exact) mass is 391 g/mol. The lowest BCUT2D eigenvalue weighted by Crippen LogP contribution is -2.46. The SMILES string of the molecule is CC(=O)c1ccc(N2CCN(Cc3csc(-c4ccc(C)cc4)n3)CC2)cc1. The van der Waals surface area contributed by atoms with E-state index in [1.165, 1.54) is 16.8 Å². The van der Waals surface area contributed by atoms with Crippen molar-refractivity contribution >= 4 is 22.8 Å². The van der Waals surface area contributed by atoms with Crippen LogP contribution in [0.3, 0.4) is 0 Å². The van der Waals surface area contributed by atoms with Gasteiger partial charge in [-0.3, -0.25) is 9.69 Å². The Morgan fingerprint density at radius 2 is 1.68 bits per heavy atom. The van der Waals surface area contributed by atoms with Crippen molar-refractivity contribution in [1.82, 2.24) is 9.88 Å². The fourth-order valence-electron chi connectivity index (χ4n) is 3.51. The van der Waals surface area contributed by atoms with Crippen LogP contribution in [0.1, 0.15) is 28.5 Å². The minimum Gasteiger partial charge on any atom is -0.369 e. The van der Waals surface area contributed by atoms with Gasteiger partial charge in [0, 0.05) is 54.9 Å². The first kappa shape index (κ1) is 18.8. The predicted molar refractivity (Wildman–Crippen MR) is 116 cm³/mol. The molecule has 0 spiro atoms. The van der Waals surface area contributed by atoms with E-state index >= 15 is 0 Å². The molecule has 1 aromatic heterocycles. The molecule has 1 saturated heterocycles. The average Bonchev–Trinajstić information content (AvgIpc) is 3.18. The number of aryl methyl sites for hydroxylation is 1. The maximum atomic E-state index is 11.4. The summed E-state index contributed by atoms with van der Waals surface area (Å²) < 4.78 is 0. The Hall–Kier alpha value is -2.50. The van der Waals surface area contributed by atoms with Crippen LogP contribution >= 0.6 is 11.3 Å². The predicted octanol–water partition coefficient (Wildman–Crippen LogP) is 4.64. The van der Waals surface area contributed by atoms with Gasteiger partial charge in [0.2, 0.25) is 0 Å². The number of thiazole rings is 1. The van der Waals surface area contributed by atoms with E-state index in [4.69, 9.17) is 4.98 Å². The number of rotatable bonds is 5. The highest BCUT2D eigenvalue weighted by Crippen LogP contribution is 2.25. The number of aromatic nitrogens is 1. The van der Waals surface area contributed by atoms with Crippen LogP contribution in [0, 0.1) is 6.92 Å². The van der Waals surface area contributed by atoms with Gasteiger partial charge in [-0.05, 0) is 38.1 Å². The first-order valence-corrected chi connectivity index (χ1v) is 10.6. The van der Waals surface area contributed by atoms with Crippen molar-refractivity contribution < 1.29 is 4.79 Å². The number of carbonyl (C=O) groups excluding carboxylic acids is 1. The van der Waals surface area contributed by atoms with Crippen LogP contribution in [0.25, 0.3) is 10.6 Å². The van der Waals surface area contributed by atoms with E-state index in [1.54, 1.807) is 18.3 Å². The van der Waals surface area contributed by atoms with Crippen molar-refractivity contribution in [1.29, 1.82) is 0 Å². The average molecular weight is 392 g/mol. The topological polar surface area (TPSA) is 36.4 Å². The molecule has 0 unspecified atom stereocenters. The summed E-state index contributed by atoms with van der Waals surface area (Å²) in [4.78, 5) is 21.1. The lowest BCUT2D eigenvalue weighted by Gasteiger charge is -2.35. The summed E-state index contributed by atoms with van der Waals surface area (Å²) in [6.07, 6.45) is 0. The molecule has 5 heteroatoms. The number of hydrogen-bond donors (Lipinski definition) is 0. The second-order valence-corrected chi connectivity index (χ2v) is 8.23. The first-order chi connectivity index (χ1) is 13.6. The van der Waals surface area contributed by atoms with Crippen molar-refractivity contribution in [2.45, 2.75) is 20.4 Å². The Labute approximate surface area is 170 Å². The molecule has 0 bridgehead atoms. The Balaban J connectivity index is 1.33. The van der Waals surface area contributed by atoms with Crippen molar-refractivity contribution in [3.63, 3.8) is 0 Å². The Morgan fingerprint density at radius 3 is 2.32 bits per heavy atom. The molecule has 0 N–H and O–H groups in total. The molecule has 1 fully saturated rings. The van der Waals surface area contributed by atoms with Gasteiger partial charge in [-0.15, -0.1) is 11.3 Å². The minimum absolute atomic E-state index is 0.115. The van der Waals surface area contributed by atoms with Crippen LogP contribution in [-0.2, 0) is 6.54 Å². The van der Waals surface area contributed by atoms with Crippen molar-refractivity contribution in [3.05, 3.63) is 70.7 Å². The van der Waals surface area contributed by atoms with E-state index < -0.39 is 0 Å². The molecule has 2 aromatic carbocycles. The van der Waals surface area contributed by atoms with Gasteiger partial charge in [-0.1, -0.05) is 29.8 Å². The van der Waals surface area contributed by atoms with Crippen molar-refractivity contribution in [2.75, 3.05) is 31.1 Å². The summed E-state index contributed by atoms with van der Waals surface area (Å²) in [5.74, 6) is 0.115. The van der Waals surface area contributed by atoms with E-state index in [2.05, 4.69) is 58.5 Å². The molecule has 1 aliphatic heterocycles. The van der Waals surface area contributed by atoms with Crippen LogP contribution in [0.2, 0.25) is 0 Å². The van der Waals surface area contributed by atoms with Gasteiger partial charge >= 0.3 is 0 Å². The number of benzene rings is 2. The third-order valence-corrected chi connectivity index (χ3v) is 6.19. The molecule has 0 radical (unpaired) electrons. The fraction of sp³-hybridized carbons (Fsp3) is 0.304. The fourth-order valence-corrected chi connectivity index (χ4v) is 4.33. The molecule has 144 valence electrons. The third-order valence-electron chi connectivity index (χ3n) is 5.25. The highest BCUT2D eigenvalue weighted by molar-refractivity contribution is 7.13. The Morgan fingerprint density at radius 1 is 1.00 bits per heavy atom. The number of ketones is 1. The standard InChI is InChI=1S/C23H25N3OS/c1-17-3-5-20(6-4-17)23-24-21(16-28-23)15-25-11-13-26(14-12-25)22-9-7-19(8-10-22)18(2)27/h3-10,16H,11-15H2,1-2H3. The van der Waals surface area contributed by atoms with Gasteiger partial charge in [0.1, 0.15) is 5.01 Å². The van der Waals surface area contributed by atoms with Gasteiger partial charge in [-0.25, -0.2) is 4.98 Å². The lowest BCUT2D eigenvalue weighted by molar-refractivity contribution is 0.101. The van der Waals surface area contributed by atoms with Crippen molar-refractivity contribution in [2.24, 2.45) is 0 Å². The molecule has 1 aliphatic rings. The zero-order valence-corrected chi connectivity index (χ0v) is 17.2. The first-order valence-electron chi connectivity index (χ1n) is 9.68. The molecular formula is C23H25N3OS. The van der Waals surface area contributed by atoms with Gasteiger partial charge in [0.15, 0.2) is 5.78 Å². The molecular weight excluding hydrogens is 366 g/mol. The zero-order chi connectivity index (χ0) is 19.5. The van der Waals surface area contributed by atoms with Crippen LogP contribution < -0.4 is 4.90 Å². The molecule has 0 aliphatic carbocycles. The van der Waals surface area contributed by atoms with Crippen LogP contribution in [0.5, 0.6) is 0 Å². The summed E-state index contributed by atoms with van der Waals surface area (Å²) in [5.41, 5.74) is 5.59. The molecule has 2 heterocycles. The Bertz CT molecular complexity index is 939. The summed E-state index contributed by atoms with van der Waals surface area (Å²) in [6.45, 7) is 8.64. The number of anilines is 1. The second-order valence-electron chi connectivity index (χ2n) is 7.38. The van der Waals surface area contributed by atoms with Crippen LogP contribution in [-0.4, -0.2) is 41.8 Å². The molecule has 0 saturated carbocycles. The van der Waals surface area contributed by atoms with Gasteiger partial charge < -0.3 is 4.90 Å². The zero-order valence-electron chi connectivity index (χ0n) is 16.4. The van der Waals surface area contributed by atoms with Crippen LogP contribution in [0.4, 0.5) is 5.69 Å². The van der Waals surface area contributed by atoms with Gasteiger partial charge in [-0.2, -0.15) is 0 Å². The highest BCUT2D eigenvalue weighted by Gasteiger charge is 2.18. The van der Waals surface area contributed by atoms with Crippen molar-refractivity contribution in [3.8, 4) is 10.6 Å². The molecule has 4 rings (SSSR count). The second kappa shape index (κ2) is 8.25. The molecule has 0 amide bonds. The summed E-state index contributed by atoms with van der Waals surface area (Å²) in [7, 11) is 0. The molecule has 28 heavy (non-hydrogen) atoms. The lowest BCUT2D eigenvalue weighted by atomic mass is 10.1. The summed E-state index contributed by atoms with van der Waals surface area (Å²) in [6, 6.07) is 16.5. The summed E-state index contributed by atoms with van der Waals surface area (Å²) in [5, 5.41) is 3.28. The smallest absolute Gasteiger partial charge is 0.159 e. The van der Waals surface area contributed by atoms with E-state index in [0.717, 1.165) is 49.0 Å². The van der Waals surface area contributed by atoms with E-state index in [1.807, 2.05) is 12.1 Å². The number of piperazine rings is 1. The third kappa shape index (κ3) is 4.32. The summed E-state index contributed by atoms with van der Waals surface area (Å²) >= 11 is 1.72.